The number of rotatable bonds is 6. The van der Waals surface area contributed by atoms with Crippen molar-refractivity contribution in [3.63, 3.8) is 0 Å². The van der Waals surface area contributed by atoms with Crippen LogP contribution in [0.2, 0.25) is 10.0 Å². The van der Waals surface area contributed by atoms with Crippen LogP contribution < -0.4 is 4.74 Å². The zero-order valence-corrected chi connectivity index (χ0v) is 15.9. The summed E-state index contributed by atoms with van der Waals surface area (Å²) in [5, 5.41) is 10.6. The number of nitrogens with zero attached hydrogens (tertiary/aromatic N) is 2. The van der Waals surface area contributed by atoms with Crippen molar-refractivity contribution in [2.75, 3.05) is 6.61 Å². The maximum absolute atomic E-state index is 6.04. The van der Waals surface area contributed by atoms with Crippen LogP contribution in [-0.2, 0) is 5.75 Å². The van der Waals surface area contributed by atoms with Crippen LogP contribution in [0.25, 0.3) is 11.3 Å². The molecule has 128 valence electrons. The second kappa shape index (κ2) is 8.56. The average molecular weight is 391 g/mol. The first-order chi connectivity index (χ1) is 12.2. The van der Waals surface area contributed by atoms with E-state index in [1.54, 1.807) is 17.8 Å². The van der Waals surface area contributed by atoms with E-state index in [2.05, 4.69) is 10.2 Å². The highest BCUT2D eigenvalue weighted by Gasteiger charge is 2.04. The molecular weight excluding hydrogens is 375 g/mol. The van der Waals surface area contributed by atoms with Gasteiger partial charge in [-0.2, -0.15) is 0 Å². The van der Waals surface area contributed by atoms with Crippen molar-refractivity contribution in [3.8, 4) is 17.0 Å². The summed E-state index contributed by atoms with van der Waals surface area (Å²) in [4.78, 5) is 0. The number of benzene rings is 2. The minimum atomic E-state index is 0.565. The van der Waals surface area contributed by atoms with Crippen LogP contribution in [0.1, 0.15) is 12.5 Å². The lowest BCUT2D eigenvalue weighted by molar-refractivity contribution is 0.340. The molecule has 6 heteroatoms. The van der Waals surface area contributed by atoms with E-state index in [1.807, 2.05) is 55.5 Å². The lowest BCUT2D eigenvalue weighted by Crippen LogP contribution is -1.92. The van der Waals surface area contributed by atoms with Gasteiger partial charge >= 0.3 is 0 Å². The Morgan fingerprint density at radius 1 is 0.920 bits per heavy atom. The molecule has 0 amide bonds. The van der Waals surface area contributed by atoms with Crippen molar-refractivity contribution >= 4 is 35.0 Å². The average Bonchev–Trinajstić information content (AvgIpc) is 2.64. The second-order valence-corrected chi connectivity index (χ2v) is 7.06. The first-order valence-electron chi connectivity index (χ1n) is 7.79. The summed E-state index contributed by atoms with van der Waals surface area (Å²) in [6.45, 7) is 2.62. The molecule has 0 aliphatic heterocycles. The molecule has 3 rings (SSSR count). The third-order valence-electron chi connectivity index (χ3n) is 3.47. The Morgan fingerprint density at radius 2 is 1.72 bits per heavy atom. The maximum atomic E-state index is 6.04. The fourth-order valence-corrected chi connectivity index (χ4v) is 3.30. The van der Waals surface area contributed by atoms with Crippen LogP contribution in [-0.4, -0.2) is 16.8 Å². The first kappa shape index (κ1) is 18.1. The molecule has 3 aromatic rings. The molecule has 1 heterocycles. The van der Waals surface area contributed by atoms with Gasteiger partial charge in [0, 0.05) is 11.3 Å². The molecule has 2 aromatic carbocycles. The summed E-state index contributed by atoms with van der Waals surface area (Å²) < 4.78 is 5.45. The molecule has 3 nitrogen and oxygen atoms in total. The highest BCUT2D eigenvalue weighted by molar-refractivity contribution is 7.98. The van der Waals surface area contributed by atoms with E-state index < -0.39 is 0 Å². The van der Waals surface area contributed by atoms with Gasteiger partial charge in [0.2, 0.25) is 0 Å². The lowest BCUT2D eigenvalue weighted by Gasteiger charge is -2.05. The maximum Gasteiger partial charge on any atom is 0.119 e. The van der Waals surface area contributed by atoms with E-state index in [0.717, 1.165) is 33.3 Å². The highest BCUT2D eigenvalue weighted by Crippen LogP contribution is 2.27. The van der Waals surface area contributed by atoms with Gasteiger partial charge < -0.3 is 4.74 Å². The number of hydrogen-bond acceptors (Lipinski definition) is 4. The zero-order valence-electron chi connectivity index (χ0n) is 13.6. The van der Waals surface area contributed by atoms with E-state index in [-0.39, 0.29) is 0 Å². The van der Waals surface area contributed by atoms with E-state index in [9.17, 15) is 0 Å². The SMILES string of the molecule is CCOc1ccc(-c2ccc(SCc3ccc(Cl)c(Cl)c3)nn2)cc1. The fourth-order valence-electron chi connectivity index (χ4n) is 2.23. The normalized spacial score (nSPS) is 10.7. The molecular formula is C19H16Cl2N2OS. The Labute approximate surface area is 161 Å². The molecule has 0 saturated carbocycles. The molecule has 25 heavy (non-hydrogen) atoms. The van der Waals surface area contributed by atoms with E-state index in [0.29, 0.717) is 16.7 Å². The van der Waals surface area contributed by atoms with Crippen molar-refractivity contribution in [1.82, 2.24) is 10.2 Å². The van der Waals surface area contributed by atoms with Gasteiger partial charge in [0.1, 0.15) is 10.8 Å². The Morgan fingerprint density at radius 3 is 2.36 bits per heavy atom. The van der Waals surface area contributed by atoms with Gasteiger partial charge in [0.05, 0.1) is 22.3 Å². The molecule has 0 saturated heterocycles. The summed E-state index contributed by atoms with van der Waals surface area (Å²) in [5.74, 6) is 1.61. The van der Waals surface area contributed by atoms with E-state index in [1.165, 1.54) is 0 Å². The fraction of sp³-hybridized carbons (Fsp3) is 0.158. The molecule has 0 N–H and O–H groups in total. The van der Waals surface area contributed by atoms with Gasteiger partial charge in [-0.15, -0.1) is 10.2 Å². The van der Waals surface area contributed by atoms with Gasteiger partial charge in [-0.05, 0) is 61.0 Å². The molecule has 0 aliphatic rings. The molecule has 0 atom stereocenters. The smallest absolute Gasteiger partial charge is 0.119 e. The van der Waals surface area contributed by atoms with E-state index >= 15 is 0 Å². The Balaban J connectivity index is 1.64. The summed E-state index contributed by atoms with van der Waals surface area (Å²) in [5.41, 5.74) is 2.94. The number of ether oxygens (including phenoxy) is 1. The molecule has 0 spiro atoms. The Hall–Kier alpha value is -1.75. The Bertz CT molecular complexity index is 839. The van der Waals surface area contributed by atoms with Crippen LogP contribution >= 0.6 is 35.0 Å². The molecule has 0 bridgehead atoms. The first-order valence-corrected chi connectivity index (χ1v) is 9.53. The van der Waals surface area contributed by atoms with Gasteiger partial charge in [-0.25, -0.2) is 0 Å². The third-order valence-corrected chi connectivity index (χ3v) is 5.20. The quantitative estimate of drug-likeness (QED) is 0.473. The topological polar surface area (TPSA) is 35.0 Å². The molecule has 0 aliphatic carbocycles. The summed E-state index contributed by atoms with van der Waals surface area (Å²) >= 11 is 13.6. The van der Waals surface area contributed by atoms with E-state index in [4.69, 9.17) is 27.9 Å². The van der Waals surface area contributed by atoms with Gasteiger partial charge in [-0.1, -0.05) is 41.0 Å². The number of thioether (sulfide) groups is 1. The highest BCUT2D eigenvalue weighted by atomic mass is 35.5. The molecule has 0 fully saturated rings. The van der Waals surface area contributed by atoms with Crippen LogP contribution in [0.4, 0.5) is 0 Å². The van der Waals surface area contributed by atoms with Crippen molar-refractivity contribution in [1.29, 1.82) is 0 Å². The lowest BCUT2D eigenvalue weighted by atomic mass is 10.1. The third kappa shape index (κ3) is 4.88. The number of hydrogen-bond donors (Lipinski definition) is 0. The Kier molecular flexibility index (Phi) is 6.19. The van der Waals surface area contributed by atoms with Crippen molar-refractivity contribution in [2.45, 2.75) is 17.7 Å². The molecule has 0 unspecified atom stereocenters. The minimum Gasteiger partial charge on any atom is -0.494 e. The van der Waals surface area contributed by atoms with Gasteiger partial charge in [0.15, 0.2) is 0 Å². The zero-order chi connectivity index (χ0) is 17.6. The molecule has 1 aromatic heterocycles. The van der Waals surface area contributed by atoms with Crippen LogP contribution in [0.3, 0.4) is 0 Å². The second-order valence-electron chi connectivity index (χ2n) is 5.25. The summed E-state index contributed by atoms with van der Waals surface area (Å²) in [7, 11) is 0. The molecule has 0 radical (unpaired) electrons. The number of aromatic nitrogens is 2. The van der Waals surface area contributed by atoms with Gasteiger partial charge in [-0.3, -0.25) is 0 Å². The summed E-state index contributed by atoms with van der Waals surface area (Å²) in [6.07, 6.45) is 0. The van der Waals surface area contributed by atoms with Crippen LogP contribution in [0, 0.1) is 0 Å². The van der Waals surface area contributed by atoms with Crippen LogP contribution in [0.15, 0.2) is 59.6 Å². The van der Waals surface area contributed by atoms with Crippen molar-refractivity contribution in [3.05, 3.63) is 70.2 Å². The summed E-state index contributed by atoms with van der Waals surface area (Å²) in [6, 6.07) is 17.4. The largest absolute Gasteiger partial charge is 0.494 e. The predicted octanol–water partition coefficient (Wildman–Crippen LogP) is 6.14. The van der Waals surface area contributed by atoms with Gasteiger partial charge in [0.25, 0.3) is 0 Å². The minimum absolute atomic E-state index is 0.565. The van der Waals surface area contributed by atoms with Crippen molar-refractivity contribution in [2.24, 2.45) is 0 Å². The monoisotopic (exact) mass is 390 g/mol. The van der Waals surface area contributed by atoms with Crippen molar-refractivity contribution < 1.29 is 4.74 Å². The standard InChI is InChI=1S/C19H16Cl2N2OS/c1-2-24-15-6-4-14(5-7-15)18-9-10-19(23-22-18)25-12-13-3-8-16(20)17(21)11-13/h3-11H,2,12H2,1H3. The van der Waals surface area contributed by atoms with Crippen LogP contribution in [0.5, 0.6) is 5.75 Å². The predicted molar refractivity (Wildman–Crippen MR) is 105 cm³/mol. The number of halogens is 2.